The number of aliphatic carboxylic acids is 1. The molecule has 1 radical (unpaired) electrons. The van der Waals surface area contributed by atoms with Crippen molar-refractivity contribution in [3.63, 3.8) is 0 Å². The highest BCUT2D eigenvalue weighted by Gasteiger charge is 2.39. The van der Waals surface area contributed by atoms with Gasteiger partial charge >= 0.3 is 5.97 Å². The van der Waals surface area contributed by atoms with Crippen LogP contribution in [0.3, 0.4) is 0 Å². The molecule has 0 fully saturated rings. The van der Waals surface area contributed by atoms with Crippen LogP contribution in [-0.4, -0.2) is 17.4 Å². The van der Waals surface area contributed by atoms with Gasteiger partial charge < -0.3 is 5.11 Å². The molecular formula is C13H23O3. The molecule has 16 heavy (non-hydrogen) atoms. The third-order valence-electron chi connectivity index (χ3n) is 3.41. The molecule has 0 aliphatic carbocycles. The van der Waals surface area contributed by atoms with E-state index in [4.69, 9.17) is 0 Å². The van der Waals surface area contributed by atoms with E-state index in [9.17, 15) is 14.7 Å². The molecule has 0 amide bonds. The lowest BCUT2D eigenvalue weighted by Gasteiger charge is -2.32. The molecular weight excluding hydrogens is 204 g/mol. The number of carboxylic acid groups (broad SMARTS) is 1. The van der Waals surface area contributed by atoms with Crippen molar-refractivity contribution in [2.24, 2.45) is 10.8 Å². The lowest BCUT2D eigenvalue weighted by molar-refractivity contribution is -0.149. The lowest BCUT2D eigenvalue weighted by Crippen LogP contribution is -2.34. The highest BCUT2D eigenvalue weighted by Crippen LogP contribution is 2.38. The summed E-state index contributed by atoms with van der Waals surface area (Å²) in [6.07, 6.45) is 5.61. The van der Waals surface area contributed by atoms with E-state index in [-0.39, 0.29) is 0 Å². The van der Waals surface area contributed by atoms with Gasteiger partial charge in [0.1, 0.15) is 0 Å². The summed E-state index contributed by atoms with van der Waals surface area (Å²) in [6, 6.07) is 0. The van der Waals surface area contributed by atoms with Crippen LogP contribution in [0.5, 0.6) is 0 Å². The molecule has 0 aromatic carbocycles. The molecule has 0 aromatic rings. The lowest BCUT2D eigenvalue weighted by atomic mass is 9.70. The predicted octanol–water partition coefficient (Wildman–Crippen LogP) is 3.18. The molecule has 0 rings (SSSR count). The van der Waals surface area contributed by atoms with Gasteiger partial charge in [0.2, 0.25) is 6.29 Å². The quantitative estimate of drug-likeness (QED) is 0.693. The zero-order chi connectivity index (χ0) is 12.8. The molecule has 0 aliphatic heterocycles. The molecule has 0 aromatic heterocycles. The van der Waals surface area contributed by atoms with Gasteiger partial charge in [-0.15, -0.1) is 0 Å². The van der Waals surface area contributed by atoms with Crippen molar-refractivity contribution in [1.82, 2.24) is 0 Å². The maximum absolute atomic E-state index is 11.2. The minimum absolute atomic E-state index is 0.370. The molecule has 93 valence electrons. The van der Waals surface area contributed by atoms with Crippen molar-refractivity contribution < 1.29 is 14.7 Å². The van der Waals surface area contributed by atoms with Gasteiger partial charge in [-0.1, -0.05) is 33.6 Å². The Morgan fingerprint density at radius 1 is 1.31 bits per heavy atom. The maximum Gasteiger partial charge on any atom is 0.309 e. The summed E-state index contributed by atoms with van der Waals surface area (Å²) in [7, 11) is 0. The molecule has 0 saturated heterocycles. The van der Waals surface area contributed by atoms with Crippen LogP contribution in [0.2, 0.25) is 0 Å². The van der Waals surface area contributed by atoms with Crippen LogP contribution in [-0.2, 0) is 9.59 Å². The first-order valence-corrected chi connectivity index (χ1v) is 5.96. The number of rotatable bonds is 8. The molecule has 2 unspecified atom stereocenters. The second-order valence-corrected chi connectivity index (χ2v) is 5.16. The third kappa shape index (κ3) is 3.95. The molecule has 0 saturated carbocycles. The van der Waals surface area contributed by atoms with Crippen LogP contribution in [0.15, 0.2) is 0 Å². The fourth-order valence-electron chi connectivity index (χ4n) is 1.96. The summed E-state index contributed by atoms with van der Waals surface area (Å²) >= 11 is 0. The largest absolute Gasteiger partial charge is 0.481 e. The summed E-state index contributed by atoms with van der Waals surface area (Å²) in [6.45, 7) is 7.42. The number of hydrogen-bond acceptors (Lipinski definition) is 2. The van der Waals surface area contributed by atoms with E-state index in [1.807, 2.05) is 20.1 Å². The van der Waals surface area contributed by atoms with Gasteiger partial charge in [-0.05, 0) is 26.2 Å². The van der Waals surface area contributed by atoms with Gasteiger partial charge in [0, 0.05) is 5.41 Å². The SMILES string of the molecule is CCCCC(C)([C]=O)CC(C)(CC)C(=O)O. The normalized spacial score (nSPS) is 18.5. The first-order chi connectivity index (χ1) is 7.33. The Balaban J connectivity index is 4.73. The Kier molecular flexibility index (Phi) is 5.70. The highest BCUT2D eigenvalue weighted by atomic mass is 16.4. The average molecular weight is 227 g/mol. The van der Waals surface area contributed by atoms with E-state index in [1.54, 1.807) is 6.92 Å². The monoisotopic (exact) mass is 227 g/mol. The Bertz CT molecular complexity index is 250. The maximum atomic E-state index is 11.2. The van der Waals surface area contributed by atoms with Gasteiger partial charge in [0.05, 0.1) is 5.41 Å². The van der Waals surface area contributed by atoms with E-state index >= 15 is 0 Å². The van der Waals surface area contributed by atoms with E-state index in [0.29, 0.717) is 12.8 Å². The van der Waals surface area contributed by atoms with Crippen LogP contribution in [0.4, 0.5) is 0 Å². The topological polar surface area (TPSA) is 54.4 Å². The molecule has 2 atom stereocenters. The van der Waals surface area contributed by atoms with Crippen LogP contribution >= 0.6 is 0 Å². The number of carbonyl (C=O) groups is 1. The van der Waals surface area contributed by atoms with Crippen molar-refractivity contribution in [2.75, 3.05) is 0 Å². The van der Waals surface area contributed by atoms with Crippen molar-refractivity contribution in [1.29, 1.82) is 0 Å². The first kappa shape index (κ1) is 15.1. The summed E-state index contributed by atoms with van der Waals surface area (Å²) in [5.74, 6) is -0.826. The Labute approximate surface area is 98.2 Å². The van der Waals surface area contributed by atoms with Gasteiger partial charge in [0.15, 0.2) is 0 Å². The van der Waals surface area contributed by atoms with Crippen molar-refractivity contribution in [2.45, 2.75) is 59.8 Å². The standard InChI is InChI=1S/C13H23O3/c1-5-7-8-12(3,10-14)9-13(4,6-2)11(15)16/h5-9H2,1-4H3,(H,15,16). The van der Waals surface area contributed by atoms with Crippen LogP contribution in [0.1, 0.15) is 59.8 Å². The number of hydrogen-bond donors (Lipinski definition) is 1. The minimum atomic E-state index is -0.826. The smallest absolute Gasteiger partial charge is 0.309 e. The van der Waals surface area contributed by atoms with Gasteiger partial charge in [-0.25, -0.2) is 0 Å². The van der Waals surface area contributed by atoms with E-state index in [0.717, 1.165) is 19.3 Å². The first-order valence-electron chi connectivity index (χ1n) is 5.96. The average Bonchev–Trinajstić information content (AvgIpc) is 2.26. The van der Waals surface area contributed by atoms with E-state index in [1.165, 1.54) is 0 Å². The van der Waals surface area contributed by atoms with Gasteiger partial charge in [-0.2, -0.15) is 0 Å². The van der Waals surface area contributed by atoms with E-state index < -0.39 is 16.8 Å². The molecule has 0 spiro atoms. The van der Waals surface area contributed by atoms with Crippen LogP contribution in [0.25, 0.3) is 0 Å². The Morgan fingerprint density at radius 3 is 2.19 bits per heavy atom. The molecule has 0 heterocycles. The fourth-order valence-corrected chi connectivity index (χ4v) is 1.96. The minimum Gasteiger partial charge on any atom is -0.481 e. The highest BCUT2D eigenvalue weighted by molar-refractivity contribution is 5.75. The summed E-state index contributed by atoms with van der Waals surface area (Å²) in [5.41, 5.74) is -1.45. The summed E-state index contributed by atoms with van der Waals surface area (Å²) in [5, 5.41) is 9.19. The molecule has 3 nitrogen and oxygen atoms in total. The number of carboxylic acids is 1. The van der Waals surface area contributed by atoms with Crippen molar-refractivity contribution in [3.05, 3.63) is 0 Å². The summed E-state index contributed by atoms with van der Waals surface area (Å²) < 4.78 is 0. The Hall–Kier alpha value is -0.860. The molecule has 0 aliphatic rings. The van der Waals surface area contributed by atoms with Crippen LogP contribution < -0.4 is 0 Å². The molecule has 1 N–H and O–H groups in total. The number of unbranched alkanes of at least 4 members (excludes halogenated alkanes) is 1. The second-order valence-electron chi connectivity index (χ2n) is 5.16. The van der Waals surface area contributed by atoms with Gasteiger partial charge in [-0.3, -0.25) is 9.59 Å². The van der Waals surface area contributed by atoms with Crippen molar-refractivity contribution in [3.8, 4) is 0 Å². The summed E-state index contributed by atoms with van der Waals surface area (Å²) in [4.78, 5) is 22.2. The fraction of sp³-hybridized carbons (Fsp3) is 0.846. The predicted molar refractivity (Wildman–Crippen MR) is 64.0 cm³/mol. The zero-order valence-corrected chi connectivity index (χ0v) is 10.8. The third-order valence-corrected chi connectivity index (χ3v) is 3.41. The molecule has 0 bridgehead atoms. The van der Waals surface area contributed by atoms with Crippen molar-refractivity contribution >= 4 is 12.3 Å². The Morgan fingerprint density at radius 2 is 1.88 bits per heavy atom. The van der Waals surface area contributed by atoms with Gasteiger partial charge in [0.25, 0.3) is 0 Å². The van der Waals surface area contributed by atoms with E-state index in [2.05, 4.69) is 6.92 Å². The van der Waals surface area contributed by atoms with Crippen LogP contribution in [0, 0.1) is 10.8 Å². The molecule has 3 heteroatoms. The second kappa shape index (κ2) is 6.02. The zero-order valence-electron chi connectivity index (χ0n) is 10.8. The number of carbonyl (C=O) groups excluding carboxylic acids is 1.